The number of hydrogen-bond donors (Lipinski definition) is 1. The van der Waals surface area contributed by atoms with E-state index in [0.29, 0.717) is 10.7 Å². The second-order valence-electron chi connectivity index (χ2n) is 3.29. The Balaban J connectivity index is 2.58. The van der Waals surface area contributed by atoms with Gasteiger partial charge in [0.15, 0.2) is 0 Å². The third kappa shape index (κ3) is 1.80. The molecular weight excluding hydrogens is 214 g/mol. The van der Waals surface area contributed by atoms with Gasteiger partial charge in [-0.2, -0.15) is 10.2 Å². The zero-order valence-electron chi connectivity index (χ0n) is 8.40. The molecule has 0 saturated heterocycles. The van der Waals surface area contributed by atoms with Crippen molar-refractivity contribution < 1.29 is 5.11 Å². The fourth-order valence-corrected chi connectivity index (χ4v) is 1.38. The summed E-state index contributed by atoms with van der Waals surface area (Å²) < 4.78 is 0. The molecule has 1 aromatic carbocycles. The lowest BCUT2D eigenvalue weighted by Gasteiger charge is -2.02. The molecule has 0 fully saturated rings. The first kappa shape index (κ1) is 9.98. The van der Waals surface area contributed by atoms with E-state index < -0.39 is 0 Å². The Morgan fingerprint density at radius 1 is 1.20 bits per heavy atom. The van der Waals surface area contributed by atoms with Crippen LogP contribution in [0.1, 0.15) is 11.4 Å². The van der Waals surface area contributed by atoms with Gasteiger partial charge in [0, 0.05) is 5.02 Å². The van der Waals surface area contributed by atoms with Crippen molar-refractivity contribution in [2.24, 2.45) is 0 Å². The molecule has 4 nitrogen and oxygen atoms in total. The lowest BCUT2D eigenvalue weighted by Crippen LogP contribution is -1.99. The topological polar surface area (TPSA) is 50.9 Å². The lowest BCUT2D eigenvalue weighted by molar-refractivity contribution is 0.467. The summed E-state index contributed by atoms with van der Waals surface area (Å²) in [6.07, 6.45) is 0. The van der Waals surface area contributed by atoms with Gasteiger partial charge in [0.2, 0.25) is 0 Å². The maximum atomic E-state index is 9.63. The summed E-state index contributed by atoms with van der Waals surface area (Å²) in [5.41, 5.74) is 2.14. The summed E-state index contributed by atoms with van der Waals surface area (Å²) in [5.74, 6) is 0.106. The third-order valence-electron chi connectivity index (χ3n) is 2.17. The molecule has 0 amide bonds. The summed E-state index contributed by atoms with van der Waals surface area (Å²) in [7, 11) is 0. The van der Waals surface area contributed by atoms with Crippen LogP contribution in [0, 0.1) is 13.8 Å². The number of aryl methyl sites for hydroxylation is 2. The van der Waals surface area contributed by atoms with Crippen LogP contribution >= 0.6 is 11.6 Å². The van der Waals surface area contributed by atoms with Gasteiger partial charge in [0.25, 0.3) is 0 Å². The molecule has 5 heteroatoms. The Bertz CT molecular complexity index is 488. The first-order valence-electron chi connectivity index (χ1n) is 4.47. The van der Waals surface area contributed by atoms with Gasteiger partial charge < -0.3 is 5.11 Å². The molecule has 2 rings (SSSR count). The van der Waals surface area contributed by atoms with Crippen molar-refractivity contribution in [2.45, 2.75) is 13.8 Å². The summed E-state index contributed by atoms with van der Waals surface area (Å²) in [6, 6.07) is 4.76. The van der Waals surface area contributed by atoms with E-state index in [0.717, 1.165) is 11.4 Å². The van der Waals surface area contributed by atoms with Crippen LogP contribution < -0.4 is 0 Å². The van der Waals surface area contributed by atoms with E-state index in [1.165, 1.54) is 10.9 Å². The highest BCUT2D eigenvalue weighted by atomic mass is 35.5. The van der Waals surface area contributed by atoms with Crippen LogP contribution in [0.4, 0.5) is 0 Å². The van der Waals surface area contributed by atoms with Gasteiger partial charge in [0.05, 0.1) is 11.4 Å². The van der Waals surface area contributed by atoms with Crippen LogP contribution in [0.15, 0.2) is 18.2 Å². The van der Waals surface area contributed by atoms with E-state index in [4.69, 9.17) is 11.6 Å². The highest BCUT2D eigenvalue weighted by molar-refractivity contribution is 6.30. The fraction of sp³-hybridized carbons (Fsp3) is 0.200. The molecule has 15 heavy (non-hydrogen) atoms. The van der Waals surface area contributed by atoms with Crippen LogP contribution in [0.25, 0.3) is 5.69 Å². The first-order valence-corrected chi connectivity index (χ1v) is 4.85. The SMILES string of the molecule is Cc1nn(-c2cc(Cl)ccc2O)nc1C. The molecule has 1 N–H and O–H groups in total. The van der Waals surface area contributed by atoms with Gasteiger partial charge in [-0.1, -0.05) is 11.6 Å². The number of hydrogen-bond acceptors (Lipinski definition) is 3. The Morgan fingerprint density at radius 2 is 1.80 bits per heavy atom. The van der Waals surface area contributed by atoms with Gasteiger partial charge in [-0.05, 0) is 32.0 Å². The first-order chi connectivity index (χ1) is 7.08. The molecule has 1 aromatic heterocycles. The zero-order chi connectivity index (χ0) is 11.0. The van der Waals surface area contributed by atoms with E-state index in [1.54, 1.807) is 12.1 Å². The van der Waals surface area contributed by atoms with Gasteiger partial charge in [-0.15, -0.1) is 4.80 Å². The molecule has 0 saturated carbocycles. The standard InChI is InChI=1S/C10H10ClN3O/c1-6-7(2)13-14(12-6)9-5-8(11)3-4-10(9)15/h3-5,15H,1-2H3. The molecule has 1 heterocycles. The number of nitrogens with zero attached hydrogens (tertiary/aromatic N) is 3. The Hall–Kier alpha value is -1.55. The predicted octanol–water partition coefficient (Wildman–Crippen LogP) is 2.24. The van der Waals surface area contributed by atoms with Crippen LogP contribution in [0.2, 0.25) is 5.02 Å². The maximum absolute atomic E-state index is 9.63. The average molecular weight is 224 g/mol. The minimum absolute atomic E-state index is 0.106. The van der Waals surface area contributed by atoms with Crippen molar-refractivity contribution in [1.82, 2.24) is 15.0 Å². The predicted molar refractivity (Wildman–Crippen MR) is 57.5 cm³/mol. The Kier molecular flexibility index (Phi) is 2.36. The number of rotatable bonds is 1. The van der Waals surface area contributed by atoms with Crippen LogP contribution in [-0.2, 0) is 0 Å². The van der Waals surface area contributed by atoms with Crippen LogP contribution in [0.5, 0.6) is 5.75 Å². The molecule has 0 spiro atoms. The molecule has 2 aromatic rings. The number of benzene rings is 1. The van der Waals surface area contributed by atoms with E-state index >= 15 is 0 Å². The molecule has 0 aliphatic carbocycles. The van der Waals surface area contributed by atoms with Gasteiger partial charge in [0.1, 0.15) is 11.4 Å². The number of aromatic nitrogens is 3. The Morgan fingerprint density at radius 3 is 2.40 bits per heavy atom. The normalized spacial score (nSPS) is 10.6. The smallest absolute Gasteiger partial charge is 0.143 e. The summed E-state index contributed by atoms with van der Waals surface area (Å²) in [5, 5.41) is 18.5. The van der Waals surface area contributed by atoms with Crippen molar-refractivity contribution in [1.29, 1.82) is 0 Å². The zero-order valence-corrected chi connectivity index (χ0v) is 9.15. The van der Waals surface area contributed by atoms with Crippen molar-refractivity contribution in [3.63, 3.8) is 0 Å². The molecular formula is C10H10ClN3O. The molecule has 0 bridgehead atoms. The van der Waals surface area contributed by atoms with Crippen molar-refractivity contribution in [2.75, 3.05) is 0 Å². The molecule has 0 atom stereocenters. The Labute approximate surface area is 92.1 Å². The maximum Gasteiger partial charge on any atom is 0.143 e. The van der Waals surface area contributed by atoms with Gasteiger partial charge in [-0.25, -0.2) is 0 Å². The van der Waals surface area contributed by atoms with E-state index in [1.807, 2.05) is 13.8 Å². The second-order valence-corrected chi connectivity index (χ2v) is 3.73. The minimum Gasteiger partial charge on any atom is -0.506 e. The average Bonchev–Trinajstić information content (AvgIpc) is 2.51. The monoisotopic (exact) mass is 223 g/mol. The third-order valence-corrected chi connectivity index (χ3v) is 2.40. The molecule has 0 aliphatic heterocycles. The van der Waals surface area contributed by atoms with E-state index in [9.17, 15) is 5.11 Å². The van der Waals surface area contributed by atoms with Crippen molar-refractivity contribution in [3.05, 3.63) is 34.6 Å². The number of phenolic OH excluding ortho intramolecular Hbond substituents is 1. The largest absolute Gasteiger partial charge is 0.506 e. The van der Waals surface area contributed by atoms with Gasteiger partial charge in [-0.3, -0.25) is 0 Å². The summed E-state index contributed by atoms with van der Waals surface area (Å²) >= 11 is 5.83. The van der Waals surface area contributed by atoms with E-state index in [-0.39, 0.29) is 5.75 Å². The van der Waals surface area contributed by atoms with Crippen LogP contribution in [-0.4, -0.2) is 20.1 Å². The van der Waals surface area contributed by atoms with Crippen LogP contribution in [0.3, 0.4) is 0 Å². The summed E-state index contributed by atoms with van der Waals surface area (Å²) in [6.45, 7) is 3.72. The summed E-state index contributed by atoms with van der Waals surface area (Å²) in [4.78, 5) is 1.38. The van der Waals surface area contributed by atoms with Crippen molar-refractivity contribution >= 4 is 11.6 Å². The molecule has 78 valence electrons. The second kappa shape index (κ2) is 3.55. The van der Waals surface area contributed by atoms with Crippen molar-refractivity contribution in [3.8, 4) is 11.4 Å². The highest BCUT2D eigenvalue weighted by Gasteiger charge is 2.08. The minimum atomic E-state index is 0.106. The lowest BCUT2D eigenvalue weighted by atomic mass is 10.3. The highest BCUT2D eigenvalue weighted by Crippen LogP contribution is 2.24. The quantitative estimate of drug-likeness (QED) is 0.807. The number of aromatic hydroxyl groups is 1. The molecule has 0 radical (unpaired) electrons. The van der Waals surface area contributed by atoms with Gasteiger partial charge >= 0.3 is 0 Å². The van der Waals surface area contributed by atoms with E-state index in [2.05, 4.69) is 10.2 Å². The fourth-order valence-electron chi connectivity index (χ4n) is 1.22. The molecule has 0 aliphatic rings. The molecule has 0 unspecified atom stereocenters. The number of halogens is 1. The number of phenols is 1.